The molecule has 1 amide bonds. The molecule has 1 N–H and O–H groups in total. The molecule has 2 rings (SSSR count). The molecular formula is C19H21FN2O. The summed E-state index contributed by atoms with van der Waals surface area (Å²) in [6.07, 6.45) is 0.249. The molecule has 0 saturated carbocycles. The number of amides is 1. The number of hydrogen-bond donors (Lipinski definition) is 1. The van der Waals surface area contributed by atoms with Crippen molar-refractivity contribution >= 4 is 11.6 Å². The van der Waals surface area contributed by atoms with Crippen LogP contribution in [0.3, 0.4) is 0 Å². The number of benzene rings is 2. The molecule has 2 aromatic rings. The van der Waals surface area contributed by atoms with Gasteiger partial charge in [-0.1, -0.05) is 35.4 Å². The van der Waals surface area contributed by atoms with Gasteiger partial charge in [0, 0.05) is 5.56 Å². The van der Waals surface area contributed by atoms with E-state index < -0.39 is 0 Å². The summed E-state index contributed by atoms with van der Waals surface area (Å²) in [5.41, 5.74) is 7.48. The third-order valence-corrected chi connectivity index (χ3v) is 3.71. The van der Waals surface area contributed by atoms with Crippen LogP contribution in [-0.4, -0.2) is 11.6 Å². The Morgan fingerprint density at radius 2 is 1.74 bits per heavy atom. The van der Waals surface area contributed by atoms with Crippen molar-refractivity contribution in [1.82, 2.24) is 5.43 Å². The summed E-state index contributed by atoms with van der Waals surface area (Å²) in [5.74, 6) is -0.565. The number of carbonyl (C=O) groups excluding carboxylic acids is 1. The normalized spacial score (nSPS) is 11.4. The molecular weight excluding hydrogens is 291 g/mol. The van der Waals surface area contributed by atoms with Crippen LogP contribution in [0, 0.1) is 26.6 Å². The molecule has 0 radical (unpaired) electrons. The van der Waals surface area contributed by atoms with E-state index in [1.165, 1.54) is 6.07 Å². The average molecular weight is 312 g/mol. The third-order valence-electron chi connectivity index (χ3n) is 3.71. The average Bonchev–Trinajstić information content (AvgIpc) is 2.50. The number of hydrazone groups is 1. The largest absolute Gasteiger partial charge is 0.273 e. The Bertz CT molecular complexity index is 766. The summed E-state index contributed by atoms with van der Waals surface area (Å²) < 4.78 is 13.8. The predicted octanol–water partition coefficient (Wildman–Crippen LogP) is 3.83. The minimum atomic E-state index is -0.347. The second-order valence-corrected chi connectivity index (χ2v) is 5.82. The minimum Gasteiger partial charge on any atom is -0.273 e. The van der Waals surface area contributed by atoms with E-state index >= 15 is 0 Å². The molecule has 0 aliphatic heterocycles. The zero-order valence-corrected chi connectivity index (χ0v) is 13.9. The molecule has 0 spiro atoms. The summed E-state index contributed by atoms with van der Waals surface area (Å²) in [7, 11) is 0. The van der Waals surface area contributed by atoms with Crippen molar-refractivity contribution in [3.8, 4) is 0 Å². The molecule has 23 heavy (non-hydrogen) atoms. The van der Waals surface area contributed by atoms with Crippen LogP contribution in [0.15, 0.2) is 41.5 Å². The van der Waals surface area contributed by atoms with Crippen molar-refractivity contribution in [1.29, 1.82) is 0 Å². The first kappa shape index (κ1) is 16.9. The lowest BCUT2D eigenvalue weighted by atomic mass is 10.0. The lowest BCUT2D eigenvalue weighted by molar-refractivity contribution is -0.120. The lowest BCUT2D eigenvalue weighted by Crippen LogP contribution is -2.22. The molecule has 0 unspecified atom stereocenters. The Kier molecular flexibility index (Phi) is 5.27. The van der Waals surface area contributed by atoms with E-state index in [4.69, 9.17) is 0 Å². The first-order valence-corrected chi connectivity index (χ1v) is 7.52. The SMILES string of the molecule is C/C(=N/NC(=O)Cc1ccc(C)cc1C)c1cc(C)ccc1F. The minimum absolute atomic E-state index is 0.218. The molecule has 0 bridgehead atoms. The summed E-state index contributed by atoms with van der Waals surface area (Å²) in [5, 5.41) is 4.02. The van der Waals surface area contributed by atoms with Crippen LogP contribution in [0.2, 0.25) is 0 Å². The van der Waals surface area contributed by atoms with Crippen molar-refractivity contribution in [3.05, 3.63) is 70.0 Å². The molecule has 2 aromatic carbocycles. The number of halogens is 1. The van der Waals surface area contributed by atoms with Crippen LogP contribution in [0.4, 0.5) is 4.39 Å². The Balaban J connectivity index is 2.06. The highest BCUT2D eigenvalue weighted by atomic mass is 19.1. The van der Waals surface area contributed by atoms with Crippen LogP contribution < -0.4 is 5.43 Å². The highest BCUT2D eigenvalue weighted by Gasteiger charge is 2.08. The summed E-state index contributed by atoms with van der Waals surface area (Å²) >= 11 is 0. The van der Waals surface area contributed by atoms with Crippen LogP contribution in [0.1, 0.15) is 34.7 Å². The molecule has 0 fully saturated rings. The quantitative estimate of drug-likeness (QED) is 0.676. The van der Waals surface area contributed by atoms with E-state index in [2.05, 4.69) is 10.5 Å². The van der Waals surface area contributed by atoms with E-state index in [1.807, 2.05) is 39.0 Å². The smallest absolute Gasteiger partial charge is 0.244 e. The molecule has 120 valence electrons. The highest BCUT2D eigenvalue weighted by molar-refractivity contribution is 5.99. The first-order valence-electron chi connectivity index (χ1n) is 7.52. The summed E-state index contributed by atoms with van der Waals surface area (Å²) in [6, 6.07) is 10.8. The van der Waals surface area contributed by atoms with E-state index in [0.717, 1.165) is 22.3 Å². The van der Waals surface area contributed by atoms with Gasteiger partial charge in [0.15, 0.2) is 0 Å². The Morgan fingerprint density at radius 1 is 1.09 bits per heavy atom. The van der Waals surface area contributed by atoms with Gasteiger partial charge in [0.05, 0.1) is 12.1 Å². The zero-order chi connectivity index (χ0) is 17.0. The maximum atomic E-state index is 13.8. The van der Waals surface area contributed by atoms with Gasteiger partial charge >= 0.3 is 0 Å². The van der Waals surface area contributed by atoms with Gasteiger partial charge in [-0.2, -0.15) is 5.10 Å². The van der Waals surface area contributed by atoms with Crippen LogP contribution in [-0.2, 0) is 11.2 Å². The van der Waals surface area contributed by atoms with E-state index in [1.54, 1.807) is 19.1 Å². The molecule has 0 atom stereocenters. The van der Waals surface area contributed by atoms with Crippen molar-refractivity contribution < 1.29 is 9.18 Å². The van der Waals surface area contributed by atoms with Gasteiger partial charge in [-0.3, -0.25) is 4.79 Å². The number of hydrogen-bond acceptors (Lipinski definition) is 2. The molecule has 3 nitrogen and oxygen atoms in total. The zero-order valence-electron chi connectivity index (χ0n) is 13.9. The maximum absolute atomic E-state index is 13.8. The van der Waals surface area contributed by atoms with E-state index in [-0.39, 0.29) is 18.1 Å². The molecule has 0 aliphatic carbocycles. The molecule has 0 heterocycles. The monoisotopic (exact) mass is 312 g/mol. The third kappa shape index (κ3) is 4.49. The van der Waals surface area contributed by atoms with Gasteiger partial charge in [0.2, 0.25) is 5.91 Å². The van der Waals surface area contributed by atoms with Crippen molar-refractivity contribution in [3.63, 3.8) is 0 Å². The summed E-state index contributed by atoms with van der Waals surface area (Å²) in [6.45, 7) is 7.55. The fourth-order valence-electron chi connectivity index (χ4n) is 2.38. The molecule has 0 aromatic heterocycles. The number of rotatable bonds is 4. The van der Waals surface area contributed by atoms with Gasteiger partial charge in [-0.15, -0.1) is 0 Å². The van der Waals surface area contributed by atoms with Gasteiger partial charge in [0.1, 0.15) is 5.82 Å². The second kappa shape index (κ2) is 7.18. The van der Waals surface area contributed by atoms with E-state index in [9.17, 15) is 9.18 Å². The fraction of sp³-hybridized carbons (Fsp3) is 0.263. The molecule has 4 heteroatoms. The molecule has 0 aliphatic rings. The maximum Gasteiger partial charge on any atom is 0.244 e. The topological polar surface area (TPSA) is 41.5 Å². The van der Waals surface area contributed by atoms with Gasteiger partial charge in [-0.25, -0.2) is 9.82 Å². The Labute approximate surface area is 136 Å². The van der Waals surface area contributed by atoms with Crippen molar-refractivity contribution in [2.75, 3.05) is 0 Å². The van der Waals surface area contributed by atoms with E-state index in [0.29, 0.717) is 11.3 Å². The van der Waals surface area contributed by atoms with Crippen LogP contribution in [0.5, 0.6) is 0 Å². The number of aryl methyl sites for hydroxylation is 3. The van der Waals surface area contributed by atoms with Gasteiger partial charge < -0.3 is 0 Å². The van der Waals surface area contributed by atoms with Crippen molar-refractivity contribution in [2.24, 2.45) is 5.10 Å². The Hall–Kier alpha value is -2.49. The second-order valence-electron chi connectivity index (χ2n) is 5.82. The first-order chi connectivity index (χ1) is 10.9. The summed E-state index contributed by atoms with van der Waals surface area (Å²) in [4.78, 5) is 12.0. The Morgan fingerprint density at radius 3 is 2.43 bits per heavy atom. The van der Waals surface area contributed by atoms with Crippen LogP contribution >= 0.6 is 0 Å². The number of carbonyl (C=O) groups is 1. The van der Waals surface area contributed by atoms with Gasteiger partial charge in [-0.05, 0) is 51.0 Å². The number of nitrogens with zero attached hydrogens (tertiary/aromatic N) is 1. The lowest BCUT2D eigenvalue weighted by Gasteiger charge is -2.07. The van der Waals surface area contributed by atoms with Gasteiger partial charge in [0.25, 0.3) is 0 Å². The predicted molar refractivity (Wildman–Crippen MR) is 91.1 cm³/mol. The number of nitrogens with one attached hydrogen (secondary N) is 1. The highest BCUT2D eigenvalue weighted by Crippen LogP contribution is 2.12. The fourth-order valence-corrected chi connectivity index (χ4v) is 2.38. The standard InChI is InChI=1S/C19H21FN2O/c1-12-5-7-16(14(3)9-12)11-19(23)22-21-15(4)17-10-13(2)6-8-18(17)20/h5-10H,11H2,1-4H3,(H,22,23)/b21-15-. The van der Waals surface area contributed by atoms with Crippen LogP contribution in [0.25, 0.3) is 0 Å². The molecule has 0 saturated heterocycles. The van der Waals surface area contributed by atoms with Crippen molar-refractivity contribution in [2.45, 2.75) is 34.1 Å².